The topological polar surface area (TPSA) is 41.7 Å². The summed E-state index contributed by atoms with van der Waals surface area (Å²) in [7, 11) is 4.37. The first-order valence-corrected chi connectivity index (χ1v) is 8.51. The van der Waals surface area contributed by atoms with E-state index >= 15 is 0 Å². The molecule has 1 aromatic carbocycles. The predicted molar refractivity (Wildman–Crippen MR) is 90.1 cm³/mol. The zero-order valence-electron chi connectivity index (χ0n) is 13.9. The van der Waals surface area contributed by atoms with Crippen LogP contribution in [0.15, 0.2) is 24.3 Å². The average Bonchev–Trinajstić information content (AvgIpc) is 2.89. The number of benzene rings is 1. The standard InChI is InChI=1S/C18H29N3O/c1-20-9-3-4-17(13-20)22-16-7-5-15(6-8-16)18-10-14(11-19)12-21(18)2/h5-8,14,17-18H,3-4,9-13,19H2,1-2H3. The van der Waals surface area contributed by atoms with E-state index in [1.54, 1.807) is 0 Å². The van der Waals surface area contributed by atoms with Crippen molar-refractivity contribution < 1.29 is 4.74 Å². The Labute approximate surface area is 134 Å². The van der Waals surface area contributed by atoms with Crippen molar-refractivity contribution in [2.45, 2.75) is 31.4 Å². The first-order chi connectivity index (χ1) is 10.7. The molecule has 0 spiro atoms. The summed E-state index contributed by atoms with van der Waals surface area (Å²) in [5.74, 6) is 1.63. The van der Waals surface area contributed by atoms with Gasteiger partial charge >= 0.3 is 0 Å². The van der Waals surface area contributed by atoms with Crippen LogP contribution in [0.2, 0.25) is 0 Å². The molecule has 2 aliphatic rings. The lowest BCUT2D eigenvalue weighted by molar-refractivity contribution is 0.104. The van der Waals surface area contributed by atoms with Crippen molar-refractivity contribution in [2.75, 3.05) is 40.3 Å². The molecule has 3 rings (SSSR count). The molecule has 22 heavy (non-hydrogen) atoms. The van der Waals surface area contributed by atoms with Crippen molar-refractivity contribution in [3.8, 4) is 5.75 Å². The monoisotopic (exact) mass is 303 g/mol. The van der Waals surface area contributed by atoms with E-state index < -0.39 is 0 Å². The molecular formula is C18H29N3O. The molecular weight excluding hydrogens is 274 g/mol. The number of piperidine rings is 1. The summed E-state index contributed by atoms with van der Waals surface area (Å²) in [5.41, 5.74) is 7.21. The number of hydrogen-bond acceptors (Lipinski definition) is 4. The van der Waals surface area contributed by atoms with Gasteiger partial charge in [-0.15, -0.1) is 0 Å². The first-order valence-electron chi connectivity index (χ1n) is 8.51. The van der Waals surface area contributed by atoms with Gasteiger partial charge in [0.1, 0.15) is 11.9 Å². The van der Waals surface area contributed by atoms with Crippen LogP contribution >= 0.6 is 0 Å². The Morgan fingerprint density at radius 2 is 1.95 bits per heavy atom. The first kappa shape index (κ1) is 15.8. The molecule has 4 heteroatoms. The second-order valence-electron chi connectivity index (χ2n) is 7.01. The van der Waals surface area contributed by atoms with Crippen molar-refractivity contribution in [3.63, 3.8) is 0 Å². The van der Waals surface area contributed by atoms with Crippen molar-refractivity contribution >= 4 is 0 Å². The van der Waals surface area contributed by atoms with Gasteiger partial charge in [-0.05, 0) is 70.1 Å². The number of nitrogens with two attached hydrogens (primary N) is 1. The van der Waals surface area contributed by atoms with Crippen molar-refractivity contribution in [1.29, 1.82) is 0 Å². The maximum absolute atomic E-state index is 6.14. The molecule has 0 amide bonds. The zero-order valence-corrected chi connectivity index (χ0v) is 13.9. The van der Waals surface area contributed by atoms with Gasteiger partial charge < -0.3 is 15.4 Å². The van der Waals surface area contributed by atoms with E-state index in [2.05, 4.69) is 48.2 Å². The molecule has 2 heterocycles. The van der Waals surface area contributed by atoms with Gasteiger partial charge in [0.25, 0.3) is 0 Å². The minimum Gasteiger partial charge on any atom is -0.489 e. The Kier molecular flexibility index (Phi) is 5.01. The van der Waals surface area contributed by atoms with Gasteiger partial charge in [-0.3, -0.25) is 4.90 Å². The third kappa shape index (κ3) is 3.62. The third-order valence-corrected chi connectivity index (χ3v) is 5.12. The number of nitrogens with zero attached hydrogens (tertiary/aromatic N) is 2. The molecule has 2 N–H and O–H groups in total. The van der Waals surface area contributed by atoms with Crippen LogP contribution in [0.5, 0.6) is 5.75 Å². The number of hydrogen-bond donors (Lipinski definition) is 1. The molecule has 3 atom stereocenters. The molecule has 0 saturated carbocycles. The van der Waals surface area contributed by atoms with Crippen LogP contribution in [-0.4, -0.2) is 56.2 Å². The number of likely N-dealkylation sites (N-methyl/N-ethyl adjacent to an activating group) is 1. The second kappa shape index (κ2) is 6.99. The van der Waals surface area contributed by atoms with E-state index in [4.69, 9.17) is 10.5 Å². The lowest BCUT2D eigenvalue weighted by Crippen LogP contribution is -2.38. The average molecular weight is 303 g/mol. The van der Waals surface area contributed by atoms with Gasteiger partial charge in [-0.1, -0.05) is 12.1 Å². The van der Waals surface area contributed by atoms with Crippen molar-refractivity contribution in [3.05, 3.63) is 29.8 Å². The molecule has 0 aliphatic carbocycles. The number of likely N-dealkylation sites (tertiary alicyclic amines) is 2. The fraction of sp³-hybridized carbons (Fsp3) is 0.667. The van der Waals surface area contributed by atoms with Gasteiger partial charge in [0, 0.05) is 19.1 Å². The number of rotatable bonds is 4. The van der Waals surface area contributed by atoms with Gasteiger partial charge in [-0.2, -0.15) is 0 Å². The highest BCUT2D eigenvalue weighted by Crippen LogP contribution is 2.34. The summed E-state index contributed by atoms with van der Waals surface area (Å²) in [5, 5.41) is 0. The SMILES string of the molecule is CN1CCCC(Oc2ccc(C3CC(CN)CN3C)cc2)C1. The largest absolute Gasteiger partial charge is 0.489 e. The normalized spacial score (nSPS) is 30.6. The summed E-state index contributed by atoms with van der Waals surface area (Å²) in [6.07, 6.45) is 3.89. The summed E-state index contributed by atoms with van der Waals surface area (Å²) in [6, 6.07) is 9.22. The van der Waals surface area contributed by atoms with Gasteiger partial charge in [-0.25, -0.2) is 0 Å². The van der Waals surface area contributed by atoms with E-state index in [1.807, 2.05) is 0 Å². The maximum atomic E-state index is 6.14. The summed E-state index contributed by atoms with van der Waals surface area (Å²) >= 11 is 0. The van der Waals surface area contributed by atoms with Crippen LogP contribution in [0.1, 0.15) is 30.9 Å². The van der Waals surface area contributed by atoms with E-state index in [9.17, 15) is 0 Å². The summed E-state index contributed by atoms with van der Waals surface area (Å²) in [4.78, 5) is 4.77. The van der Waals surface area contributed by atoms with Gasteiger partial charge in [0.05, 0.1) is 0 Å². The smallest absolute Gasteiger partial charge is 0.119 e. The fourth-order valence-corrected chi connectivity index (χ4v) is 3.84. The third-order valence-electron chi connectivity index (χ3n) is 5.12. The molecule has 2 fully saturated rings. The Bertz CT molecular complexity index is 476. The molecule has 2 saturated heterocycles. The minimum absolute atomic E-state index is 0.334. The molecule has 0 aromatic heterocycles. The molecule has 0 radical (unpaired) electrons. The van der Waals surface area contributed by atoms with Gasteiger partial charge in [0.2, 0.25) is 0 Å². The molecule has 122 valence electrons. The minimum atomic E-state index is 0.334. The Morgan fingerprint density at radius 1 is 1.18 bits per heavy atom. The van der Waals surface area contributed by atoms with E-state index in [0.29, 0.717) is 18.1 Å². The molecule has 1 aromatic rings. The second-order valence-corrected chi connectivity index (χ2v) is 7.01. The van der Waals surface area contributed by atoms with Crippen molar-refractivity contribution in [2.24, 2.45) is 11.7 Å². The fourth-order valence-electron chi connectivity index (χ4n) is 3.84. The van der Waals surface area contributed by atoms with Crippen LogP contribution in [-0.2, 0) is 0 Å². The van der Waals surface area contributed by atoms with Crippen LogP contribution in [0, 0.1) is 5.92 Å². The number of ether oxygens (including phenoxy) is 1. The molecule has 4 nitrogen and oxygen atoms in total. The zero-order chi connectivity index (χ0) is 15.5. The quantitative estimate of drug-likeness (QED) is 0.925. The van der Waals surface area contributed by atoms with Crippen LogP contribution in [0.3, 0.4) is 0 Å². The highest BCUT2D eigenvalue weighted by atomic mass is 16.5. The van der Waals surface area contributed by atoms with Crippen LogP contribution < -0.4 is 10.5 Å². The molecule has 3 unspecified atom stereocenters. The van der Waals surface area contributed by atoms with E-state index in [0.717, 1.165) is 31.8 Å². The molecule has 2 aliphatic heterocycles. The Morgan fingerprint density at radius 3 is 2.59 bits per heavy atom. The van der Waals surface area contributed by atoms with E-state index in [-0.39, 0.29) is 0 Å². The summed E-state index contributed by atoms with van der Waals surface area (Å²) in [6.45, 7) is 4.12. The van der Waals surface area contributed by atoms with Gasteiger partial charge in [0.15, 0.2) is 0 Å². The van der Waals surface area contributed by atoms with Crippen molar-refractivity contribution in [1.82, 2.24) is 9.80 Å². The van der Waals surface area contributed by atoms with Crippen LogP contribution in [0.4, 0.5) is 0 Å². The maximum Gasteiger partial charge on any atom is 0.119 e. The lowest BCUT2D eigenvalue weighted by Gasteiger charge is -2.30. The highest BCUT2D eigenvalue weighted by molar-refractivity contribution is 5.30. The van der Waals surface area contributed by atoms with Crippen LogP contribution in [0.25, 0.3) is 0 Å². The Hall–Kier alpha value is -1.10. The molecule has 0 bridgehead atoms. The summed E-state index contributed by atoms with van der Waals surface area (Å²) < 4.78 is 6.14. The van der Waals surface area contributed by atoms with E-state index in [1.165, 1.54) is 24.9 Å². The lowest BCUT2D eigenvalue weighted by atomic mass is 10.00. The predicted octanol–water partition coefficient (Wildman–Crippen LogP) is 2.11. The highest BCUT2D eigenvalue weighted by Gasteiger charge is 2.29. The Balaban J connectivity index is 1.60.